The Morgan fingerprint density at radius 1 is 1.34 bits per heavy atom. The summed E-state index contributed by atoms with van der Waals surface area (Å²) >= 11 is 6.07. The second kappa shape index (κ2) is 8.68. The minimum Gasteiger partial charge on any atom is -0.481 e. The van der Waals surface area contributed by atoms with Crippen LogP contribution in [-0.2, 0) is 19.1 Å². The highest BCUT2D eigenvalue weighted by Crippen LogP contribution is 2.82. The molecule has 0 unspecified atom stereocenters. The SMILES string of the molecule is C=C(Cl)CN1C[C@H](OC[C@@]23C[C@@H]4[C@H](C)CC[C@H]4[C@]4(C=O)C[C@@H]2C=C(C(C)C)[C@@]34C(=O)O)O[C@H](C)C1. The summed E-state index contributed by atoms with van der Waals surface area (Å²) in [7, 11) is 0. The van der Waals surface area contributed by atoms with Gasteiger partial charge in [0.15, 0.2) is 6.29 Å². The van der Waals surface area contributed by atoms with Gasteiger partial charge in [-0.25, -0.2) is 0 Å². The molecule has 5 rings (SSSR count). The summed E-state index contributed by atoms with van der Waals surface area (Å²) in [6, 6.07) is 0. The van der Waals surface area contributed by atoms with Crippen LogP contribution in [0.2, 0.25) is 0 Å². The maximum atomic E-state index is 13.5. The van der Waals surface area contributed by atoms with E-state index in [0.29, 0.717) is 36.4 Å². The Hall–Kier alpha value is -1.21. The monoisotopic (exact) mass is 505 g/mol. The number of allylic oxidation sites excluding steroid dienone is 1. The van der Waals surface area contributed by atoms with E-state index in [9.17, 15) is 14.7 Å². The van der Waals surface area contributed by atoms with Gasteiger partial charge in [0.05, 0.1) is 18.1 Å². The molecule has 0 aromatic carbocycles. The van der Waals surface area contributed by atoms with Crippen molar-refractivity contribution in [2.75, 3.05) is 26.2 Å². The van der Waals surface area contributed by atoms with Crippen LogP contribution in [0.25, 0.3) is 0 Å². The molecule has 4 aliphatic carbocycles. The predicted octanol–water partition coefficient (Wildman–Crippen LogP) is 4.73. The zero-order valence-corrected chi connectivity index (χ0v) is 22.2. The third kappa shape index (κ3) is 3.32. The molecule has 0 aromatic heterocycles. The van der Waals surface area contributed by atoms with Crippen molar-refractivity contribution in [1.29, 1.82) is 0 Å². The van der Waals surface area contributed by atoms with Crippen molar-refractivity contribution in [2.45, 2.75) is 65.8 Å². The fraction of sp³-hybridized carbons (Fsp3) is 0.786. The number of hydrogen-bond donors (Lipinski definition) is 1. The second-order valence-corrected chi connectivity index (χ2v) is 12.9. The third-order valence-corrected chi connectivity index (χ3v) is 10.5. The summed E-state index contributed by atoms with van der Waals surface area (Å²) in [5, 5.41) is 11.6. The van der Waals surface area contributed by atoms with Crippen LogP contribution in [0.5, 0.6) is 0 Å². The molecule has 1 aliphatic heterocycles. The smallest absolute Gasteiger partial charge is 0.315 e. The molecule has 194 valence electrons. The summed E-state index contributed by atoms with van der Waals surface area (Å²) in [6.07, 6.45) is 6.19. The Labute approximate surface area is 214 Å². The maximum absolute atomic E-state index is 13.5. The van der Waals surface area contributed by atoms with Crippen LogP contribution in [0.15, 0.2) is 23.3 Å². The minimum absolute atomic E-state index is 0.0266. The molecule has 1 heterocycles. The predicted molar refractivity (Wildman–Crippen MR) is 134 cm³/mol. The fourth-order valence-corrected chi connectivity index (χ4v) is 9.50. The van der Waals surface area contributed by atoms with Crippen molar-refractivity contribution < 1.29 is 24.2 Å². The number of carbonyl (C=O) groups excluding carboxylic acids is 1. The lowest BCUT2D eigenvalue weighted by Crippen LogP contribution is -2.64. The average molecular weight is 506 g/mol. The molecule has 3 saturated carbocycles. The van der Waals surface area contributed by atoms with Gasteiger partial charge >= 0.3 is 5.97 Å². The number of halogens is 1. The third-order valence-electron chi connectivity index (χ3n) is 10.4. The van der Waals surface area contributed by atoms with E-state index >= 15 is 0 Å². The molecule has 35 heavy (non-hydrogen) atoms. The van der Waals surface area contributed by atoms with Gasteiger partial charge in [-0.3, -0.25) is 9.69 Å². The van der Waals surface area contributed by atoms with Crippen LogP contribution in [0.1, 0.15) is 53.4 Å². The van der Waals surface area contributed by atoms with Gasteiger partial charge in [0.2, 0.25) is 0 Å². The van der Waals surface area contributed by atoms with Crippen LogP contribution >= 0.6 is 11.6 Å². The highest BCUT2D eigenvalue weighted by molar-refractivity contribution is 6.29. The van der Waals surface area contributed by atoms with E-state index in [1.54, 1.807) is 0 Å². The standard InChI is InChI=1S/C28H40ClNO5/c1-16(2)23-8-20-9-26(14-31)22-7-6-17(3)21(22)10-27(20,28(23,26)25(32)33)15-34-24-13-30(11-18(4)29)12-19(5)35-24/h8,14,16-17,19-22,24H,4,6-7,9-13,15H2,1-3,5H3,(H,32,33)/t17-,19-,20+,21-,22-,24-,26-,27+,28+/m1/s1. The van der Waals surface area contributed by atoms with Crippen LogP contribution < -0.4 is 0 Å². The first-order valence-electron chi connectivity index (χ1n) is 13.3. The van der Waals surface area contributed by atoms with Gasteiger partial charge in [-0.15, -0.1) is 0 Å². The summed E-state index contributed by atoms with van der Waals surface area (Å²) in [5.41, 5.74) is -1.77. The van der Waals surface area contributed by atoms with E-state index in [-0.39, 0.29) is 30.5 Å². The summed E-state index contributed by atoms with van der Waals surface area (Å²) < 4.78 is 12.7. The molecule has 7 heteroatoms. The Morgan fingerprint density at radius 3 is 2.71 bits per heavy atom. The van der Waals surface area contributed by atoms with Crippen molar-refractivity contribution in [3.05, 3.63) is 23.3 Å². The molecule has 1 saturated heterocycles. The molecule has 0 radical (unpaired) electrons. The lowest BCUT2D eigenvalue weighted by molar-refractivity contribution is -0.235. The van der Waals surface area contributed by atoms with E-state index in [0.717, 1.165) is 37.7 Å². The fourth-order valence-electron chi connectivity index (χ4n) is 9.33. The molecule has 9 atom stereocenters. The highest BCUT2D eigenvalue weighted by atomic mass is 35.5. The number of morpholine rings is 1. The molecular formula is C28H40ClNO5. The van der Waals surface area contributed by atoms with Crippen LogP contribution in [-0.4, -0.2) is 60.9 Å². The lowest BCUT2D eigenvalue weighted by Gasteiger charge is -2.58. The zero-order valence-electron chi connectivity index (χ0n) is 21.5. The Morgan fingerprint density at radius 2 is 2.09 bits per heavy atom. The first-order chi connectivity index (χ1) is 16.5. The summed E-state index contributed by atoms with van der Waals surface area (Å²) in [4.78, 5) is 28.8. The average Bonchev–Trinajstić information content (AvgIpc) is 3.34. The first kappa shape index (κ1) is 25.4. The number of carboxylic acid groups (broad SMARTS) is 1. The quantitative estimate of drug-likeness (QED) is 0.380. The molecule has 0 aromatic rings. The number of aldehydes is 1. The Bertz CT molecular complexity index is 950. The molecule has 1 N–H and O–H groups in total. The normalized spacial score (nSPS) is 46.5. The Balaban J connectivity index is 1.53. The maximum Gasteiger partial charge on any atom is 0.315 e. The highest BCUT2D eigenvalue weighted by Gasteiger charge is 2.84. The van der Waals surface area contributed by atoms with Gasteiger partial charge in [-0.2, -0.15) is 0 Å². The Kier molecular flexibility index (Phi) is 6.31. The number of hydrogen-bond acceptors (Lipinski definition) is 5. The van der Waals surface area contributed by atoms with Crippen LogP contribution in [0, 0.1) is 45.8 Å². The van der Waals surface area contributed by atoms with Gasteiger partial charge in [0.1, 0.15) is 11.7 Å². The van der Waals surface area contributed by atoms with E-state index in [1.807, 2.05) is 6.92 Å². The molecule has 4 bridgehead atoms. The van der Waals surface area contributed by atoms with Gasteiger partial charge in [0.25, 0.3) is 0 Å². The molecular weight excluding hydrogens is 466 g/mol. The molecule has 6 nitrogen and oxygen atoms in total. The zero-order chi connectivity index (χ0) is 25.3. The van der Waals surface area contributed by atoms with Crippen molar-refractivity contribution in [3.63, 3.8) is 0 Å². The van der Waals surface area contributed by atoms with E-state index in [4.69, 9.17) is 21.1 Å². The first-order valence-corrected chi connectivity index (χ1v) is 13.6. The van der Waals surface area contributed by atoms with Crippen molar-refractivity contribution in [1.82, 2.24) is 4.90 Å². The number of rotatable bonds is 8. The second-order valence-electron chi connectivity index (χ2n) is 12.4. The minimum atomic E-state index is -1.21. The molecule has 0 spiro atoms. The van der Waals surface area contributed by atoms with Crippen LogP contribution in [0.3, 0.4) is 0 Å². The van der Waals surface area contributed by atoms with E-state index < -0.39 is 28.5 Å². The number of aliphatic carboxylic acids is 1. The van der Waals surface area contributed by atoms with Crippen molar-refractivity contribution >= 4 is 23.9 Å². The summed E-state index contributed by atoms with van der Waals surface area (Å²) in [5.74, 6) is 0.205. The molecule has 5 aliphatic rings. The van der Waals surface area contributed by atoms with Gasteiger partial charge < -0.3 is 19.4 Å². The topological polar surface area (TPSA) is 76.1 Å². The number of carboxylic acids is 1. The van der Waals surface area contributed by atoms with Gasteiger partial charge in [-0.05, 0) is 55.8 Å². The molecule has 0 amide bonds. The van der Waals surface area contributed by atoms with Crippen molar-refractivity contribution in [3.8, 4) is 0 Å². The molecule has 4 fully saturated rings. The summed E-state index contributed by atoms with van der Waals surface area (Å²) in [6.45, 7) is 14.4. The number of nitrogens with zero attached hydrogens (tertiary/aromatic N) is 1. The van der Waals surface area contributed by atoms with Crippen LogP contribution in [0.4, 0.5) is 0 Å². The van der Waals surface area contributed by atoms with E-state index in [1.165, 1.54) is 0 Å². The number of fused-ring (bicyclic) bond motifs is 2. The van der Waals surface area contributed by atoms with Gasteiger partial charge in [-0.1, -0.05) is 57.0 Å². The van der Waals surface area contributed by atoms with Crippen molar-refractivity contribution in [2.24, 2.45) is 45.8 Å². The lowest BCUT2D eigenvalue weighted by atomic mass is 9.43. The van der Waals surface area contributed by atoms with Gasteiger partial charge in [0, 0.05) is 30.1 Å². The number of ether oxygens (including phenoxy) is 2. The van der Waals surface area contributed by atoms with E-state index in [2.05, 4.69) is 38.3 Å². The largest absolute Gasteiger partial charge is 0.481 e. The number of carbonyl (C=O) groups is 2.